The number of aromatic nitrogens is 5. The van der Waals surface area contributed by atoms with Crippen LogP contribution in [0.1, 0.15) is 12.5 Å². The van der Waals surface area contributed by atoms with Gasteiger partial charge in [0.25, 0.3) is 0 Å². The van der Waals surface area contributed by atoms with Gasteiger partial charge in [-0.1, -0.05) is 17.7 Å². The minimum absolute atomic E-state index is 0.192. The van der Waals surface area contributed by atoms with E-state index in [0.29, 0.717) is 33.1 Å². The molecule has 144 valence electrons. The molecule has 0 unspecified atom stereocenters. The highest BCUT2D eigenvalue weighted by atomic mass is 35.5. The fourth-order valence-electron chi connectivity index (χ4n) is 2.59. The third-order valence-corrected chi connectivity index (χ3v) is 6.18. The molecule has 0 spiro atoms. The first-order chi connectivity index (χ1) is 14.2. The Kier molecular flexibility index (Phi) is 5.76. The van der Waals surface area contributed by atoms with Gasteiger partial charge in [0, 0.05) is 6.20 Å². The first-order valence-corrected chi connectivity index (χ1v) is 10.5. The highest BCUT2D eigenvalue weighted by Crippen LogP contribution is 2.38. The smallest absolute Gasteiger partial charge is 0.201 e. The van der Waals surface area contributed by atoms with Gasteiger partial charge in [0.05, 0.1) is 12.3 Å². The molecule has 0 fully saturated rings. The van der Waals surface area contributed by atoms with E-state index in [2.05, 4.69) is 25.6 Å². The molecular weight excluding hydrogens is 428 g/mol. The van der Waals surface area contributed by atoms with Gasteiger partial charge in [0.15, 0.2) is 11.0 Å². The molecule has 4 aromatic rings. The molecule has 4 rings (SSSR count). The fourth-order valence-corrected chi connectivity index (χ4v) is 4.69. The van der Waals surface area contributed by atoms with Crippen LogP contribution in [0, 0.1) is 11.3 Å². The summed E-state index contributed by atoms with van der Waals surface area (Å²) in [5.74, 6) is 1.37. The Bertz CT molecular complexity index is 1170. The van der Waals surface area contributed by atoms with Gasteiger partial charge < -0.3 is 4.74 Å². The van der Waals surface area contributed by atoms with Crippen molar-refractivity contribution in [2.75, 3.05) is 6.61 Å². The quantitative estimate of drug-likeness (QED) is 0.422. The molecular formula is C19H13ClN6OS2. The number of benzene rings is 1. The van der Waals surface area contributed by atoms with Crippen molar-refractivity contribution in [1.29, 1.82) is 5.26 Å². The van der Waals surface area contributed by atoms with Gasteiger partial charge in [-0.15, -0.1) is 10.2 Å². The molecule has 0 aliphatic heterocycles. The van der Waals surface area contributed by atoms with E-state index in [1.54, 1.807) is 6.20 Å². The average Bonchev–Trinajstić information content (AvgIpc) is 3.33. The van der Waals surface area contributed by atoms with Crippen LogP contribution in [0.15, 0.2) is 58.0 Å². The van der Waals surface area contributed by atoms with Crippen molar-refractivity contribution in [1.82, 2.24) is 24.1 Å². The summed E-state index contributed by atoms with van der Waals surface area (Å²) >= 11 is 8.46. The van der Waals surface area contributed by atoms with Crippen molar-refractivity contribution in [2.24, 2.45) is 0 Å². The third kappa shape index (κ3) is 3.96. The summed E-state index contributed by atoms with van der Waals surface area (Å²) in [6.07, 6.45) is 1.70. The lowest BCUT2D eigenvalue weighted by molar-refractivity contribution is 0.340. The number of hydrogen-bond donors (Lipinski definition) is 0. The summed E-state index contributed by atoms with van der Waals surface area (Å²) in [5, 5.41) is 18.8. The summed E-state index contributed by atoms with van der Waals surface area (Å²) in [6.45, 7) is 2.53. The standard InChI is InChI=1S/C19H13ClN6OS2/c1-2-27-13-8-6-12(7-9-13)26-17(15-5-3-4-10-22-15)23-24-19(26)28-18-14(11-21)16(20)25-29-18/h3-10H,2H2,1H3. The molecule has 0 radical (unpaired) electrons. The first kappa shape index (κ1) is 19.4. The second-order valence-corrected chi connectivity index (χ2v) is 8.00. The molecule has 1 aromatic carbocycles. The molecule has 3 aromatic heterocycles. The van der Waals surface area contributed by atoms with Crippen molar-refractivity contribution < 1.29 is 4.74 Å². The molecule has 0 aliphatic carbocycles. The summed E-state index contributed by atoms with van der Waals surface area (Å²) in [5.41, 5.74) is 1.86. The van der Waals surface area contributed by atoms with Crippen LogP contribution in [0.25, 0.3) is 17.2 Å². The molecule has 0 saturated carbocycles. The largest absolute Gasteiger partial charge is 0.494 e. The molecule has 29 heavy (non-hydrogen) atoms. The van der Waals surface area contributed by atoms with Crippen LogP contribution >= 0.6 is 34.9 Å². The average molecular weight is 441 g/mol. The molecule has 0 aliphatic rings. The molecule has 3 heterocycles. The Hall–Kier alpha value is -2.93. The molecule has 0 N–H and O–H groups in total. The topological polar surface area (TPSA) is 89.5 Å². The van der Waals surface area contributed by atoms with Crippen LogP contribution in [0.4, 0.5) is 0 Å². The normalized spacial score (nSPS) is 10.7. The van der Waals surface area contributed by atoms with E-state index >= 15 is 0 Å². The van der Waals surface area contributed by atoms with E-state index in [0.717, 1.165) is 23.0 Å². The fraction of sp³-hybridized carbons (Fsp3) is 0.105. The second-order valence-electron chi connectivity index (χ2n) is 5.63. The van der Waals surface area contributed by atoms with Gasteiger partial charge >= 0.3 is 0 Å². The molecule has 0 saturated heterocycles. The van der Waals surface area contributed by atoms with Crippen LogP contribution in [-0.2, 0) is 0 Å². The van der Waals surface area contributed by atoms with Crippen LogP contribution in [0.2, 0.25) is 5.15 Å². The van der Waals surface area contributed by atoms with Gasteiger partial charge in [-0.2, -0.15) is 9.64 Å². The summed E-state index contributed by atoms with van der Waals surface area (Å²) in [6, 6.07) is 15.3. The zero-order valence-corrected chi connectivity index (χ0v) is 17.5. The summed E-state index contributed by atoms with van der Waals surface area (Å²) in [7, 11) is 0. The number of nitrogens with zero attached hydrogens (tertiary/aromatic N) is 6. The van der Waals surface area contributed by atoms with Gasteiger partial charge in [0.1, 0.15) is 27.3 Å². The molecule has 10 heteroatoms. The Labute approximate surface area is 180 Å². The van der Waals surface area contributed by atoms with Crippen molar-refractivity contribution in [3.63, 3.8) is 0 Å². The van der Waals surface area contributed by atoms with Gasteiger partial charge in [-0.3, -0.25) is 9.55 Å². The maximum absolute atomic E-state index is 9.37. The minimum atomic E-state index is 0.192. The van der Waals surface area contributed by atoms with Crippen molar-refractivity contribution >= 4 is 34.9 Å². The number of halogens is 1. The first-order valence-electron chi connectivity index (χ1n) is 8.54. The minimum Gasteiger partial charge on any atom is -0.494 e. The van der Waals surface area contributed by atoms with E-state index < -0.39 is 0 Å². The van der Waals surface area contributed by atoms with E-state index in [1.165, 1.54) is 11.8 Å². The van der Waals surface area contributed by atoms with Gasteiger partial charge in [0.2, 0.25) is 5.16 Å². The third-order valence-electron chi connectivity index (χ3n) is 3.85. The lowest BCUT2D eigenvalue weighted by atomic mass is 10.3. The molecule has 0 bridgehead atoms. The van der Waals surface area contributed by atoms with Crippen LogP contribution in [0.5, 0.6) is 5.75 Å². The highest BCUT2D eigenvalue weighted by Gasteiger charge is 2.21. The zero-order chi connectivity index (χ0) is 20.2. The Balaban J connectivity index is 1.81. The van der Waals surface area contributed by atoms with Crippen molar-refractivity contribution in [3.05, 3.63) is 59.4 Å². The van der Waals surface area contributed by atoms with Crippen LogP contribution in [0.3, 0.4) is 0 Å². The monoisotopic (exact) mass is 440 g/mol. The van der Waals surface area contributed by atoms with Crippen molar-refractivity contribution in [3.8, 4) is 29.0 Å². The predicted molar refractivity (Wildman–Crippen MR) is 112 cm³/mol. The molecule has 7 nitrogen and oxygen atoms in total. The van der Waals surface area contributed by atoms with Crippen LogP contribution < -0.4 is 4.74 Å². The number of ether oxygens (including phenoxy) is 1. The summed E-state index contributed by atoms with van der Waals surface area (Å²) < 4.78 is 12.1. The molecule has 0 atom stereocenters. The second kappa shape index (κ2) is 8.61. The number of nitriles is 1. The highest BCUT2D eigenvalue weighted by molar-refractivity contribution is 8.01. The van der Waals surface area contributed by atoms with Gasteiger partial charge in [-0.25, -0.2) is 0 Å². The van der Waals surface area contributed by atoms with Crippen LogP contribution in [-0.4, -0.2) is 30.7 Å². The summed E-state index contributed by atoms with van der Waals surface area (Å²) in [4.78, 5) is 4.40. The van der Waals surface area contributed by atoms with E-state index in [4.69, 9.17) is 16.3 Å². The van der Waals surface area contributed by atoms with E-state index in [-0.39, 0.29) is 5.15 Å². The number of pyridine rings is 1. The van der Waals surface area contributed by atoms with E-state index in [9.17, 15) is 5.26 Å². The maximum atomic E-state index is 9.37. The Morgan fingerprint density at radius 2 is 2.03 bits per heavy atom. The van der Waals surface area contributed by atoms with Gasteiger partial charge in [-0.05, 0) is 66.6 Å². The zero-order valence-electron chi connectivity index (χ0n) is 15.1. The van der Waals surface area contributed by atoms with Crippen molar-refractivity contribution in [2.45, 2.75) is 16.3 Å². The van der Waals surface area contributed by atoms with E-state index in [1.807, 2.05) is 54.0 Å². The lowest BCUT2D eigenvalue weighted by Crippen LogP contribution is -2.01. The number of rotatable bonds is 6. The molecule has 0 amide bonds. The maximum Gasteiger partial charge on any atom is 0.201 e. The lowest BCUT2D eigenvalue weighted by Gasteiger charge is -2.10. The SMILES string of the molecule is CCOc1ccc(-n2c(Sc3snc(Cl)c3C#N)nnc2-c2ccccn2)cc1. The Morgan fingerprint density at radius 3 is 2.72 bits per heavy atom. The Morgan fingerprint density at radius 1 is 1.21 bits per heavy atom. The predicted octanol–water partition coefficient (Wildman–Crippen LogP) is 4.86. The number of hydrogen-bond acceptors (Lipinski definition) is 8.